The largest absolute Gasteiger partial charge is 0.396 e. The second-order valence-corrected chi connectivity index (χ2v) is 6.75. The number of benzene rings is 1. The molecule has 2 aliphatic heterocycles. The number of anilines is 1. The molecule has 0 atom stereocenters. The van der Waals surface area contributed by atoms with E-state index in [1.807, 2.05) is 4.90 Å². The normalized spacial score (nSPS) is 20.4. The molecule has 0 radical (unpaired) electrons. The van der Waals surface area contributed by atoms with Crippen molar-refractivity contribution in [2.24, 2.45) is 5.92 Å². The Morgan fingerprint density at radius 2 is 1.67 bits per heavy atom. The van der Waals surface area contributed by atoms with Crippen LogP contribution in [0, 0.1) is 11.7 Å². The van der Waals surface area contributed by atoms with Crippen LogP contribution in [-0.2, 0) is 4.79 Å². The van der Waals surface area contributed by atoms with Gasteiger partial charge in [0.2, 0.25) is 5.91 Å². The number of hydrogen-bond acceptors (Lipinski definition) is 4. The maximum atomic E-state index is 13.0. The van der Waals surface area contributed by atoms with Gasteiger partial charge in [-0.25, -0.2) is 4.39 Å². The zero-order valence-electron chi connectivity index (χ0n) is 14.0. The van der Waals surface area contributed by atoms with Crippen LogP contribution >= 0.6 is 0 Å². The summed E-state index contributed by atoms with van der Waals surface area (Å²) in [6.07, 6.45) is 1.95. The van der Waals surface area contributed by atoms with Crippen molar-refractivity contribution in [2.45, 2.75) is 12.8 Å². The number of amides is 1. The molecule has 0 saturated carbocycles. The van der Waals surface area contributed by atoms with E-state index in [-0.39, 0.29) is 18.3 Å². The lowest BCUT2D eigenvalue weighted by atomic mass is 9.98. The fourth-order valence-electron chi connectivity index (χ4n) is 3.48. The molecule has 1 aromatic rings. The number of nitrogens with zero attached hydrogens (tertiary/aromatic N) is 3. The molecular weight excluding hydrogens is 309 g/mol. The van der Waals surface area contributed by atoms with Crippen molar-refractivity contribution in [3.8, 4) is 0 Å². The predicted octanol–water partition coefficient (Wildman–Crippen LogP) is 1.18. The minimum absolute atomic E-state index is 0.191. The van der Waals surface area contributed by atoms with Crippen molar-refractivity contribution in [3.05, 3.63) is 30.1 Å². The summed E-state index contributed by atoms with van der Waals surface area (Å²) in [5.41, 5.74) is 1.01. The molecule has 0 spiro atoms. The molecule has 24 heavy (non-hydrogen) atoms. The summed E-state index contributed by atoms with van der Waals surface area (Å²) >= 11 is 0. The number of piperidine rings is 1. The number of piperazine rings is 1. The summed E-state index contributed by atoms with van der Waals surface area (Å²) in [5, 5.41) is 9.18. The molecule has 0 bridgehead atoms. The van der Waals surface area contributed by atoms with E-state index >= 15 is 0 Å². The summed E-state index contributed by atoms with van der Waals surface area (Å²) in [5.74, 6) is 0.365. The molecule has 6 heteroatoms. The van der Waals surface area contributed by atoms with Gasteiger partial charge in [-0.05, 0) is 56.1 Å². The first-order valence-corrected chi connectivity index (χ1v) is 8.77. The Bertz CT molecular complexity index is 536. The lowest BCUT2D eigenvalue weighted by molar-refractivity contribution is -0.133. The van der Waals surface area contributed by atoms with E-state index in [2.05, 4.69) is 9.80 Å². The molecule has 1 amide bonds. The smallest absolute Gasteiger partial charge is 0.236 e. The van der Waals surface area contributed by atoms with E-state index in [1.54, 1.807) is 12.1 Å². The van der Waals surface area contributed by atoms with Crippen LogP contribution in [0.4, 0.5) is 10.1 Å². The molecule has 0 aliphatic carbocycles. The molecule has 0 aromatic heterocycles. The van der Waals surface area contributed by atoms with Crippen molar-refractivity contribution in [3.63, 3.8) is 0 Å². The average Bonchev–Trinajstić information content (AvgIpc) is 2.63. The average molecular weight is 335 g/mol. The van der Waals surface area contributed by atoms with E-state index in [9.17, 15) is 14.3 Å². The Labute approximate surface area is 142 Å². The van der Waals surface area contributed by atoms with Crippen LogP contribution in [-0.4, -0.2) is 73.2 Å². The Balaban J connectivity index is 1.44. The first-order chi connectivity index (χ1) is 11.7. The maximum Gasteiger partial charge on any atom is 0.236 e. The van der Waals surface area contributed by atoms with Gasteiger partial charge in [0, 0.05) is 38.5 Å². The van der Waals surface area contributed by atoms with Gasteiger partial charge in [-0.1, -0.05) is 0 Å². The van der Waals surface area contributed by atoms with Crippen LogP contribution in [0.25, 0.3) is 0 Å². The van der Waals surface area contributed by atoms with E-state index in [4.69, 9.17) is 0 Å². The number of halogens is 1. The van der Waals surface area contributed by atoms with Crippen LogP contribution < -0.4 is 4.90 Å². The lowest BCUT2D eigenvalue weighted by Gasteiger charge is -2.38. The quantitative estimate of drug-likeness (QED) is 0.898. The first kappa shape index (κ1) is 17.2. The van der Waals surface area contributed by atoms with Crippen LogP contribution in [0.1, 0.15) is 12.8 Å². The molecule has 1 aromatic carbocycles. The SMILES string of the molecule is O=C(CN1CCC(CO)CC1)N1CCN(c2ccc(F)cc2)CC1. The molecule has 3 rings (SSSR count). The lowest BCUT2D eigenvalue weighted by Crippen LogP contribution is -2.52. The van der Waals surface area contributed by atoms with Gasteiger partial charge in [0.05, 0.1) is 6.54 Å². The highest BCUT2D eigenvalue weighted by Crippen LogP contribution is 2.18. The Morgan fingerprint density at radius 1 is 1.04 bits per heavy atom. The molecule has 0 unspecified atom stereocenters. The number of aliphatic hydroxyl groups excluding tert-OH is 1. The van der Waals surface area contributed by atoms with Crippen molar-refractivity contribution in [1.82, 2.24) is 9.80 Å². The second-order valence-electron chi connectivity index (χ2n) is 6.75. The number of rotatable bonds is 4. The fourth-order valence-corrected chi connectivity index (χ4v) is 3.48. The Morgan fingerprint density at radius 3 is 2.25 bits per heavy atom. The number of aliphatic hydroxyl groups is 1. The van der Waals surface area contributed by atoms with E-state index in [1.165, 1.54) is 12.1 Å². The zero-order chi connectivity index (χ0) is 16.9. The summed E-state index contributed by atoms with van der Waals surface area (Å²) in [4.78, 5) is 18.8. The standard InChI is InChI=1S/C18H26FN3O2/c19-16-1-3-17(4-2-16)21-9-11-22(12-10-21)18(24)13-20-7-5-15(14-23)6-8-20/h1-4,15,23H,5-14H2. The van der Waals surface area contributed by atoms with Gasteiger partial charge in [-0.15, -0.1) is 0 Å². The van der Waals surface area contributed by atoms with Crippen molar-refractivity contribution >= 4 is 11.6 Å². The Hall–Kier alpha value is -1.66. The Kier molecular flexibility index (Phi) is 5.68. The molecule has 1 N–H and O–H groups in total. The first-order valence-electron chi connectivity index (χ1n) is 8.77. The van der Waals surface area contributed by atoms with Crippen LogP contribution in [0.2, 0.25) is 0 Å². The summed E-state index contributed by atoms with van der Waals surface area (Å²) in [7, 11) is 0. The fraction of sp³-hybridized carbons (Fsp3) is 0.611. The van der Waals surface area contributed by atoms with Crippen molar-refractivity contribution in [1.29, 1.82) is 0 Å². The van der Waals surface area contributed by atoms with Gasteiger partial charge in [0.15, 0.2) is 0 Å². The minimum Gasteiger partial charge on any atom is -0.396 e. The predicted molar refractivity (Wildman–Crippen MR) is 91.4 cm³/mol. The molecule has 2 heterocycles. The van der Waals surface area contributed by atoms with Gasteiger partial charge in [-0.3, -0.25) is 9.69 Å². The van der Waals surface area contributed by atoms with E-state index in [0.29, 0.717) is 25.6 Å². The van der Waals surface area contributed by atoms with Gasteiger partial charge in [-0.2, -0.15) is 0 Å². The topological polar surface area (TPSA) is 47.0 Å². The summed E-state index contributed by atoms with van der Waals surface area (Å²) in [6, 6.07) is 6.53. The zero-order valence-corrected chi connectivity index (χ0v) is 14.0. The third-order valence-corrected chi connectivity index (χ3v) is 5.15. The van der Waals surface area contributed by atoms with Crippen molar-refractivity contribution in [2.75, 3.05) is 57.3 Å². The maximum absolute atomic E-state index is 13.0. The van der Waals surface area contributed by atoms with Gasteiger partial charge in [0.1, 0.15) is 5.82 Å². The third kappa shape index (κ3) is 4.24. The molecule has 2 saturated heterocycles. The van der Waals surface area contributed by atoms with Crippen LogP contribution in [0.3, 0.4) is 0 Å². The highest BCUT2D eigenvalue weighted by Gasteiger charge is 2.25. The second kappa shape index (κ2) is 7.94. The summed E-state index contributed by atoms with van der Waals surface area (Å²) < 4.78 is 13.0. The van der Waals surface area contributed by atoms with E-state index in [0.717, 1.165) is 44.7 Å². The highest BCUT2D eigenvalue weighted by atomic mass is 19.1. The third-order valence-electron chi connectivity index (χ3n) is 5.15. The van der Waals surface area contributed by atoms with E-state index < -0.39 is 0 Å². The summed E-state index contributed by atoms with van der Waals surface area (Å²) in [6.45, 7) is 5.52. The minimum atomic E-state index is -0.225. The van der Waals surface area contributed by atoms with Crippen molar-refractivity contribution < 1.29 is 14.3 Å². The number of carbonyl (C=O) groups is 1. The molecular formula is C18H26FN3O2. The highest BCUT2D eigenvalue weighted by molar-refractivity contribution is 5.78. The van der Waals surface area contributed by atoms with Gasteiger partial charge >= 0.3 is 0 Å². The molecule has 2 aliphatic rings. The van der Waals surface area contributed by atoms with Crippen LogP contribution in [0.5, 0.6) is 0 Å². The van der Waals surface area contributed by atoms with Gasteiger partial charge < -0.3 is 14.9 Å². The van der Waals surface area contributed by atoms with Gasteiger partial charge in [0.25, 0.3) is 0 Å². The molecule has 5 nitrogen and oxygen atoms in total. The molecule has 132 valence electrons. The molecule has 2 fully saturated rings. The number of likely N-dealkylation sites (tertiary alicyclic amines) is 1. The number of carbonyl (C=O) groups excluding carboxylic acids is 1. The monoisotopic (exact) mass is 335 g/mol. The number of hydrogen-bond donors (Lipinski definition) is 1. The van der Waals surface area contributed by atoms with Crippen LogP contribution in [0.15, 0.2) is 24.3 Å².